The van der Waals surface area contributed by atoms with E-state index in [9.17, 15) is 27.9 Å². The largest absolute Gasteiger partial charge is 0.387 e. The van der Waals surface area contributed by atoms with Crippen molar-refractivity contribution >= 4 is 43.6 Å². The molecule has 0 saturated carbocycles. The standard InChI is InChI=1S/C18H20ClF2N5O8P2/c19-18-24-15(22-5-9-1-3-10(20)4-2-9)11-6-23-26(16(11)25-18)17-13(21)14(27)12(34-17)7-33-36(31,32)8-35(28,29)30/h1-4,6,12-14,17,27H,5,7-8H2,(H,31,32)(H,22,24,25)(H2,28,29,30)/t12-,13+,14-,17-/m1/s1. The molecule has 1 aromatic carbocycles. The Bertz CT molecular complexity index is 1340. The van der Waals surface area contributed by atoms with E-state index < -0.39 is 52.3 Å². The van der Waals surface area contributed by atoms with Gasteiger partial charge in [-0.2, -0.15) is 15.1 Å². The molecular weight excluding hydrogens is 550 g/mol. The van der Waals surface area contributed by atoms with Gasteiger partial charge in [0.15, 0.2) is 23.9 Å². The molecule has 3 aromatic rings. The van der Waals surface area contributed by atoms with E-state index in [0.717, 1.165) is 10.2 Å². The molecule has 1 aliphatic heterocycles. The summed E-state index contributed by atoms with van der Waals surface area (Å²) < 4.78 is 62.0. The number of fused-ring (bicyclic) bond motifs is 1. The zero-order valence-corrected chi connectivity index (χ0v) is 20.6. The number of ether oxygens (including phenoxy) is 1. The number of halogens is 3. The highest BCUT2D eigenvalue weighted by atomic mass is 35.5. The van der Waals surface area contributed by atoms with Crippen LogP contribution < -0.4 is 5.32 Å². The molecule has 13 nitrogen and oxygen atoms in total. The van der Waals surface area contributed by atoms with Crippen molar-refractivity contribution in [2.45, 2.75) is 31.2 Å². The molecule has 0 bridgehead atoms. The Morgan fingerprint density at radius 2 is 1.89 bits per heavy atom. The van der Waals surface area contributed by atoms with Crippen LogP contribution in [0.25, 0.3) is 11.0 Å². The second kappa shape index (κ2) is 10.4. The Morgan fingerprint density at radius 3 is 2.56 bits per heavy atom. The van der Waals surface area contributed by atoms with Crippen LogP contribution in [-0.2, 0) is 24.9 Å². The highest BCUT2D eigenvalue weighted by molar-refractivity contribution is 7.70. The minimum absolute atomic E-state index is 0.0485. The summed E-state index contributed by atoms with van der Waals surface area (Å²) >= 11 is 6.03. The molecule has 1 saturated heterocycles. The van der Waals surface area contributed by atoms with Crippen LogP contribution in [0.2, 0.25) is 5.28 Å². The van der Waals surface area contributed by atoms with Gasteiger partial charge in [-0.3, -0.25) is 9.13 Å². The topological polar surface area (TPSA) is 189 Å². The molecule has 36 heavy (non-hydrogen) atoms. The summed E-state index contributed by atoms with van der Waals surface area (Å²) in [5, 5.41) is 17.4. The maximum absolute atomic E-state index is 14.9. The average molecular weight is 570 g/mol. The highest BCUT2D eigenvalue weighted by Gasteiger charge is 2.47. The monoisotopic (exact) mass is 569 g/mol. The minimum Gasteiger partial charge on any atom is -0.387 e. The fraction of sp³-hybridized carbons (Fsp3) is 0.389. The fourth-order valence-corrected chi connectivity index (χ4v) is 6.24. The van der Waals surface area contributed by atoms with E-state index in [1.54, 1.807) is 12.1 Å². The van der Waals surface area contributed by atoms with Gasteiger partial charge in [0.25, 0.3) is 0 Å². The van der Waals surface area contributed by atoms with Crippen molar-refractivity contribution in [2.75, 3.05) is 17.8 Å². The van der Waals surface area contributed by atoms with E-state index >= 15 is 0 Å². The Kier molecular flexibility index (Phi) is 7.77. The summed E-state index contributed by atoms with van der Waals surface area (Å²) in [5.74, 6) is -1.59. The molecule has 5 N–H and O–H groups in total. The van der Waals surface area contributed by atoms with Gasteiger partial charge in [-0.1, -0.05) is 12.1 Å². The lowest BCUT2D eigenvalue weighted by Gasteiger charge is -2.18. The van der Waals surface area contributed by atoms with E-state index in [4.69, 9.17) is 26.1 Å². The van der Waals surface area contributed by atoms with Crippen LogP contribution in [0.15, 0.2) is 30.5 Å². The van der Waals surface area contributed by atoms with E-state index in [2.05, 4.69) is 24.9 Å². The molecule has 0 spiro atoms. The number of rotatable bonds is 9. The second-order valence-corrected chi connectivity index (χ2v) is 12.2. The molecule has 0 radical (unpaired) electrons. The zero-order valence-electron chi connectivity index (χ0n) is 18.1. The van der Waals surface area contributed by atoms with Gasteiger partial charge in [-0.15, -0.1) is 0 Å². The van der Waals surface area contributed by atoms with E-state index in [0.29, 0.717) is 5.39 Å². The van der Waals surface area contributed by atoms with Gasteiger partial charge in [0.05, 0.1) is 18.2 Å². The van der Waals surface area contributed by atoms with Crippen LogP contribution in [-0.4, -0.2) is 70.4 Å². The number of alkyl halides is 1. The Hall–Kier alpha value is -2.06. The molecular formula is C18H20ClF2N5O8P2. The van der Waals surface area contributed by atoms with Crippen molar-refractivity contribution in [3.63, 3.8) is 0 Å². The summed E-state index contributed by atoms with van der Waals surface area (Å²) in [4.78, 5) is 35.5. The lowest BCUT2D eigenvalue weighted by Crippen LogP contribution is -2.31. The Labute approximate surface area is 206 Å². The van der Waals surface area contributed by atoms with Crippen LogP contribution in [0.1, 0.15) is 11.8 Å². The van der Waals surface area contributed by atoms with Crippen LogP contribution in [0, 0.1) is 5.82 Å². The summed E-state index contributed by atoms with van der Waals surface area (Å²) in [6, 6.07) is 5.73. The second-order valence-electron chi connectivity index (χ2n) is 7.89. The van der Waals surface area contributed by atoms with Gasteiger partial charge in [-0.25, -0.2) is 13.5 Å². The van der Waals surface area contributed by atoms with Gasteiger partial charge < -0.3 is 34.4 Å². The smallest absolute Gasteiger partial charge is 0.340 e. The first-order valence-electron chi connectivity index (χ1n) is 10.2. The van der Waals surface area contributed by atoms with Gasteiger partial charge in [0.1, 0.15) is 23.8 Å². The number of aliphatic hydroxyl groups is 1. The average Bonchev–Trinajstić information content (AvgIpc) is 3.31. The molecule has 1 unspecified atom stereocenters. The summed E-state index contributed by atoms with van der Waals surface area (Å²) in [6.07, 6.45) is -5.59. The normalized spacial score (nSPS) is 24.2. The van der Waals surface area contributed by atoms with Gasteiger partial charge in [0.2, 0.25) is 5.28 Å². The molecule has 0 aliphatic carbocycles. The summed E-state index contributed by atoms with van der Waals surface area (Å²) in [7, 11) is -9.62. The number of nitrogens with one attached hydrogen (secondary N) is 1. The van der Waals surface area contributed by atoms with Crippen molar-refractivity contribution in [2.24, 2.45) is 0 Å². The van der Waals surface area contributed by atoms with Gasteiger partial charge in [0, 0.05) is 6.54 Å². The van der Waals surface area contributed by atoms with Crippen molar-refractivity contribution in [1.82, 2.24) is 19.7 Å². The SMILES string of the molecule is O=P(O)(O)CP(=O)(O)OC[C@H]1O[C@@H](n2ncc3c(NCc4ccc(F)cc4)nc(Cl)nc32)[C@@H](F)[C@@H]1O. The predicted molar refractivity (Wildman–Crippen MR) is 122 cm³/mol. The molecule has 1 fully saturated rings. The quantitative estimate of drug-likeness (QED) is 0.187. The van der Waals surface area contributed by atoms with Crippen molar-refractivity contribution < 1.29 is 47.0 Å². The predicted octanol–water partition coefficient (Wildman–Crippen LogP) is 2.16. The molecule has 196 valence electrons. The highest BCUT2D eigenvalue weighted by Crippen LogP contribution is 2.55. The molecule has 18 heteroatoms. The summed E-state index contributed by atoms with van der Waals surface area (Å²) in [5.41, 5.74) is 0.785. The first-order chi connectivity index (χ1) is 16.8. The number of anilines is 1. The minimum atomic E-state index is -4.87. The number of aliphatic hydroxyl groups excluding tert-OH is 1. The van der Waals surface area contributed by atoms with E-state index in [1.165, 1.54) is 18.3 Å². The van der Waals surface area contributed by atoms with E-state index in [1.807, 2.05) is 0 Å². The Balaban J connectivity index is 1.52. The van der Waals surface area contributed by atoms with Crippen LogP contribution in [0.3, 0.4) is 0 Å². The number of nitrogens with zero attached hydrogens (tertiary/aromatic N) is 4. The Morgan fingerprint density at radius 1 is 1.19 bits per heavy atom. The first-order valence-corrected chi connectivity index (χ1v) is 14.1. The van der Waals surface area contributed by atoms with Crippen molar-refractivity contribution in [1.29, 1.82) is 0 Å². The lowest BCUT2D eigenvalue weighted by molar-refractivity contribution is -0.0472. The molecule has 0 amide bonds. The van der Waals surface area contributed by atoms with Crippen molar-refractivity contribution in [3.05, 3.63) is 47.1 Å². The lowest BCUT2D eigenvalue weighted by atomic mass is 10.1. The number of hydrogen-bond donors (Lipinski definition) is 5. The maximum atomic E-state index is 14.9. The van der Waals surface area contributed by atoms with Crippen LogP contribution >= 0.6 is 26.8 Å². The number of aromatic nitrogens is 4. The van der Waals surface area contributed by atoms with Gasteiger partial charge >= 0.3 is 15.2 Å². The van der Waals surface area contributed by atoms with Crippen LogP contribution in [0.5, 0.6) is 0 Å². The molecule has 1 aliphatic rings. The van der Waals surface area contributed by atoms with Crippen LogP contribution in [0.4, 0.5) is 14.6 Å². The summed E-state index contributed by atoms with van der Waals surface area (Å²) in [6.45, 7) is -0.585. The first kappa shape index (κ1) is 27.0. The number of benzene rings is 1. The molecule has 2 aromatic heterocycles. The molecule has 4 rings (SSSR count). The number of hydrogen-bond acceptors (Lipinski definition) is 9. The van der Waals surface area contributed by atoms with Crippen molar-refractivity contribution in [3.8, 4) is 0 Å². The third kappa shape index (κ3) is 6.25. The van der Waals surface area contributed by atoms with E-state index in [-0.39, 0.29) is 29.1 Å². The maximum Gasteiger partial charge on any atom is 0.340 e. The van der Waals surface area contributed by atoms with Gasteiger partial charge in [-0.05, 0) is 29.3 Å². The fourth-order valence-electron chi connectivity index (χ4n) is 3.51. The third-order valence-electron chi connectivity index (χ3n) is 5.14. The third-order valence-corrected chi connectivity index (χ3v) is 8.76. The molecule has 3 heterocycles. The zero-order chi connectivity index (χ0) is 26.3. The molecule has 5 atom stereocenters.